The van der Waals surface area contributed by atoms with Gasteiger partial charge in [0.05, 0.1) is 12.1 Å². The Bertz CT molecular complexity index is 1290. The van der Waals surface area contributed by atoms with Crippen LogP contribution < -0.4 is 15.0 Å². The lowest BCUT2D eigenvalue weighted by atomic mass is 9.93. The van der Waals surface area contributed by atoms with Gasteiger partial charge in [0.2, 0.25) is 5.91 Å². The molecule has 0 radical (unpaired) electrons. The zero-order valence-electron chi connectivity index (χ0n) is 20.7. The average molecular weight is 538 g/mol. The lowest BCUT2D eigenvalue weighted by molar-refractivity contribution is -0.274. The van der Waals surface area contributed by atoms with E-state index >= 15 is 0 Å². The van der Waals surface area contributed by atoms with E-state index in [0.717, 1.165) is 17.8 Å². The van der Waals surface area contributed by atoms with Crippen molar-refractivity contribution >= 4 is 11.6 Å². The van der Waals surface area contributed by atoms with Gasteiger partial charge in [-0.15, -0.1) is 13.2 Å². The number of rotatable bonds is 6. The van der Waals surface area contributed by atoms with E-state index in [9.17, 15) is 31.1 Å². The van der Waals surface area contributed by atoms with E-state index in [1.165, 1.54) is 29.2 Å². The van der Waals surface area contributed by atoms with Crippen LogP contribution in [0.1, 0.15) is 48.7 Å². The molecule has 1 aromatic heterocycles. The van der Waals surface area contributed by atoms with Gasteiger partial charge in [0.25, 0.3) is 0 Å². The number of alkyl halides is 6. The van der Waals surface area contributed by atoms with Gasteiger partial charge >= 0.3 is 12.5 Å². The first-order chi connectivity index (χ1) is 17.6. The van der Waals surface area contributed by atoms with E-state index in [1.54, 1.807) is 32.0 Å². The van der Waals surface area contributed by atoms with E-state index < -0.39 is 41.6 Å². The molecular formula is C27H25F6N3O2. The van der Waals surface area contributed by atoms with Crippen molar-refractivity contribution in [1.29, 1.82) is 0 Å². The highest BCUT2D eigenvalue weighted by Crippen LogP contribution is 2.40. The van der Waals surface area contributed by atoms with E-state index in [4.69, 9.17) is 0 Å². The maximum atomic E-state index is 13.7. The number of amides is 1. The van der Waals surface area contributed by atoms with Gasteiger partial charge in [-0.1, -0.05) is 35.9 Å². The average Bonchev–Trinajstić information content (AvgIpc) is 3.13. The second-order valence-electron chi connectivity index (χ2n) is 9.67. The third-order valence-electron chi connectivity index (χ3n) is 6.41. The van der Waals surface area contributed by atoms with Crippen LogP contribution in [0.4, 0.5) is 32.0 Å². The topological polar surface area (TPSA) is 54.5 Å². The Morgan fingerprint density at radius 1 is 0.974 bits per heavy atom. The first kappa shape index (κ1) is 27.4. The molecule has 5 nitrogen and oxygen atoms in total. The van der Waals surface area contributed by atoms with Crippen LogP contribution in [0.3, 0.4) is 0 Å². The van der Waals surface area contributed by atoms with Crippen LogP contribution in [-0.2, 0) is 16.5 Å². The van der Waals surface area contributed by atoms with Crippen LogP contribution in [0.2, 0.25) is 0 Å². The maximum absolute atomic E-state index is 13.7. The first-order valence-electron chi connectivity index (χ1n) is 11.7. The van der Waals surface area contributed by atoms with Crippen LogP contribution in [0.25, 0.3) is 0 Å². The van der Waals surface area contributed by atoms with Crippen LogP contribution >= 0.6 is 0 Å². The van der Waals surface area contributed by atoms with Gasteiger partial charge in [0, 0.05) is 17.4 Å². The van der Waals surface area contributed by atoms with E-state index in [0.29, 0.717) is 16.8 Å². The number of halogens is 6. The number of pyridine rings is 1. The summed E-state index contributed by atoms with van der Waals surface area (Å²) < 4.78 is 81.4. The highest BCUT2D eigenvalue weighted by atomic mass is 19.4. The van der Waals surface area contributed by atoms with Crippen molar-refractivity contribution < 1.29 is 35.9 Å². The summed E-state index contributed by atoms with van der Waals surface area (Å²) in [4.78, 5) is 18.7. The molecule has 2 atom stereocenters. The fourth-order valence-corrected chi connectivity index (χ4v) is 4.54. The largest absolute Gasteiger partial charge is 0.573 e. The van der Waals surface area contributed by atoms with Crippen molar-refractivity contribution in [3.8, 4) is 5.75 Å². The number of hydrogen-bond acceptors (Lipinski definition) is 4. The van der Waals surface area contributed by atoms with Crippen molar-refractivity contribution in [2.45, 2.75) is 57.4 Å². The summed E-state index contributed by atoms with van der Waals surface area (Å²) in [6, 6.07) is 13.4. The Morgan fingerprint density at radius 3 is 2.24 bits per heavy atom. The van der Waals surface area contributed by atoms with Crippen molar-refractivity contribution in [2.75, 3.05) is 4.90 Å². The summed E-state index contributed by atoms with van der Waals surface area (Å²) >= 11 is 0. The summed E-state index contributed by atoms with van der Waals surface area (Å²) in [6.45, 7) is 5.31. The third-order valence-corrected chi connectivity index (χ3v) is 6.41. The summed E-state index contributed by atoms with van der Waals surface area (Å²) in [5.74, 6) is -0.729. The van der Waals surface area contributed by atoms with Crippen LogP contribution in [0.15, 0.2) is 66.9 Å². The van der Waals surface area contributed by atoms with Gasteiger partial charge in [-0.3, -0.25) is 15.1 Å². The smallest absolute Gasteiger partial charge is 0.406 e. The van der Waals surface area contributed by atoms with Gasteiger partial charge in [0.15, 0.2) is 0 Å². The minimum atomic E-state index is -4.87. The molecule has 2 heterocycles. The first-order valence-corrected chi connectivity index (χ1v) is 11.7. The minimum absolute atomic E-state index is 0.194. The second-order valence-corrected chi connectivity index (χ2v) is 9.67. The van der Waals surface area contributed by atoms with Crippen LogP contribution in [0.5, 0.6) is 5.75 Å². The molecule has 4 rings (SSSR count). The molecule has 0 spiro atoms. The molecule has 11 heteroatoms. The van der Waals surface area contributed by atoms with Gasteiger partial charge in [-0.05, 0) is 68.7 Å². The SMILES string of the molecule is Cc1ccc(N2C(=O)[C@H](NC(C)(C)c3ccc(C(F)(F)F)nc3)C[C@@H]2c2cccc(OC(F)(F)F)c2)cc1. The molecule has 1 aliphatic heterocycles. The molecule has 2 aromatic carbocycles. The second kappa shape index (κ2) is 9.94. The number of aromatic nitrogens is 1. The Balaban J connectivity index is 1.65. The zero-order valence-corrected chi connectivity index (χ0v) is 20.7. The number of carbonyl (C=O) groups is 1. The molecule has 1 fully saturated rings. The number of nitrogens with zero attached hydrogens (tertiary/aromatic N) is 2. The van der Waals surface area contributed by atoms with Crippen molar-refractivity contribution in [2.24, 2.45) is 0 Å². The summed E-state index contributed by atoms with van der Waals surface area (Å²) in [5, 5.41) is 3.22. The Kier molecular flexibility index (Phi) is 7.17. The molecule has 0 saturated carbocycles. The minimum Gasteiger partial charge on any atom is -0.406 e. The molecule has 38 heavy (non-hydrogen) atoms. The summed E-state index contributed by atoms with van der Waals surface area (Å²) in [6.07, 6.45) is -8.14. The Labute approximate surface area is 215 Å². The highest BCUT2D eigenvalue weighted by Gasteiger charge is 2.44. The number of nitrogens with one attached hydrogen (secondary N) is 1. The van der Waals surface area contributed by atoms with Crippen LogP contribution in [0, 0.1) is 6.92 Å². The molecule has 202 valence electrons. The maximum Gasteiger partial charge on any atom is 0.573 e. The fraction of sp³-hybridized carbons (Fsp3) is 0.333. The van der Waals surface area contributed by atoms with E-state index in [2.05, 4.69) is 15.0 Å². The van der Waals surface area contributed by atoms with Gasteiger partial charge in [-0.2, -0.15) is 13.2 Å². The van der Waals surface area contributed by atoms with E-state index in [-0.39, 0.29) is 12.3 Å². The molecule has 0 aliphatic carbocycles. The molecule has 0 bridgehead atoms. The number of carbonyl (C=O) groups excluding carboxylic acids is 1. The van der Waals surface area contributed by atoms with Gasteiger partial charge < -0.3 is 9.64 Å². The molecule has 0 unspecified atom stereocenters. The number of hydrogen-bond donors (Lipinski definition) is 1. The van der Waals surface area contributed by atoms with Gasteiger partial charge in [0.1, 0.15) is 11.4 Å². The van der Waals surface area contributed by atoms with Crippen molar-refractivity contribution in [3.63, 3.8) is 0 Å². The standard InChI is InChI=1S/C27H25F6N3O2/c1-16-7-10-19(11-8-16)36-22(17-5-4-6-20(13-17)38-27(31,32)33)14-21(24(36)37)35-25(2,3)18-9-12-23(34-15-18)26(28,29)30/h4-13,15,21-22,35H,14H2,1-3H3/t21-,22-/m1/s1. The third kappa shape index (κ3) is 6.09. The van der Waals surface area contributed by atoms with Gasteiger partial charge in [-0.25, -0.2) is 0 Å². The fourth-order valence-electron chi connectivity index (χ4n) is 4.54. The highest BCUT2D eigenvalue weighted by molar-refractivity contribution is 6.00. The Hall–Kier alpha value is -3.60. The van der Waals surface area contributed by atoms with Crippen LogP contribution in [-0.4, -0.2) is 23.3 Å². The molecule has 1 N–H and O–H groups in total. The quantitative estimate of drug-likeness (QED) is 0.357. The monoisotopic (exact) mass is 537 g/mol. The molecule has 1 aliphatic rings. The molecular weight excluding hydrogens is 512 g/mol. The summed E-state index contributed by atoms with van der Waals surface area (Å²) in [7, 11) is 0. The van der Waals surface area contributed by atoms with E-state index in [1.807, 2.05) is 19.1 Å². The number of aryl methyl sites for hydroxylation is 1. The summed E-state index contributed by atoms with van der Waals surface area (Å²) in [5.41, 5.74) is 0.421. The lowest BCUT2D eigenvalue weighted by Gasteiger charge is -2.30. The predicted molar refractivity (Wildman–Crippen MR) is 128 cm³/mol. The molecule has 3 aromatic rings. The number of ether oxygens (including phenoxy) is 1. The Morgan fingerprint density at radius 2 is 1.66 bits per heavy atom. The number of anilines is 1. The van der Waals surface area contributed by atoms with Crippen molar-refractivity contribution in [3.05, 3.63) is 89.2 Å². The normalized spacial score (nSPS) is 18.7. The number of benzene rings is 2. The van der Waals surface area contributed by atoms with Crippen molar-refractivity contribution in [1.82, 2.24) is 10.3 Å². The lowest BCUT2D eigenvalue weighted by Crippen LogP contribution is -2.47. The predicted octanol–water partition coefficient (Wildman–Crippen LogP) is 6.68. The molecule has 1 amide bonds. The zero-order chi connectivity index (χ0) is 27.9. The molecule has 1 saturated heterocycles.